The summed E-state index contributed by atoms with van der Waals surface area (Å²) in [6, 6.07) is 1.59. The number of aromatic amines is 1. The normalized spacial score (nSPS) is 31.6. The minimum Gasteiger partial charge on any atom is -0.388 e. The zero-order chi connectivity index (χ0) is 15.0. The molecule has 3 rings (SSSR count). The van der Waals surface area contributed by atoms with Gasteiger partial charge in [-0.1, -0.05) is 12.8 Å². The summed E-state index contributed by atoms with van der Waals surface area (Å²) < 4.78 is 1.47. The van der Waals surface area contributed by atoms with Gasteiger partial charge in [0.1, 0.15) is 0 Å². The summed E-state index contributed by atoms with van der Waals surface area (Å²) in [6.45, 7) is 3.30. The Morgan fingerprint density at radius 1 is 1.33 bits per heavy atom. The van der Waals surface area contributed by atoms with E-state index < -0.39 is 16.9 Å². The van der Waals surface area contributed by atoms with E-state index in [4.69, 9.17) is 0 Å². The molecule has 6 nitrogen and oxygen atoms in total. The Hall–Kier alpha value is -1.40. The molecule has 1 saturated carbocycles. The van der Waals surface area contributed by atoms with Gasteiger partial charge in [-0.25, -0.2) is 4.79 Å². The second-order valence-corrected chi connectivity index (χ2v) is 6.57. The number of piperidine rings is 1. The molecule has 0 bridgehead atoms. The van der Waals surface area contributed by atoms with Crippen molar-refractivity contribution in [1.29, 1.82) is 0 Å². The van der Waals surface area contributed by atoms with Crippen molar-refractivity contribution in [2.75, 3.05) is 13.1 Å². The van der Waals surface area contributed by atoms with Crippen LogP contribution in [0.25, 0.3) is 0 Å². The van der Waals surface area contributed by atoms with Crippen LogP contribution in [0.15, 0.2) is 21.9 Å². The molecule has 2 aliphatic rings. The average Bonchev–Trinajstić information content (AvgIpc) is 2.93. The molecule has 6 heteroatoms. The first-order valence-electron chi connectivity index (χ1n) is 7.75. The lowest BCUT2D eigenvalue weighted by atomic mass is 9.87. The molecule has 116 valence electrons. The van der Waals surface area contributed by atoms with Crippen molar-refractivity contribution in [2.45, 2.75) is 56.7 Å². The van der Waals surface area contributed by atoms with Crippen LogP contribution < -0.4 is 11.2 Å². The smallest absolute Gasteiger partial charge is 0.328 e. The van der Waals surface area contributed by atoms with Gasteiger partial charge >= 0.3 is 5.69 Å². The van der Waals surface area contributed by atoms with Gasteiger partial charge in [-0.15, -0.1) is 0 Å². The third-order valence-electron chi connectivity index (χ3n) is 5.06. The van der Waals surface area contributed by atoms with E-state index in [1.54, 1.807) is 6.92 Å². The molecule has 1 aliphatic heterocycles. The lowest BCUT2D eigenvalue weighted by Crippen LogP contribution is -2.55. The summed E-state index contributed by atoms with van der Waals surface area (Å²) in [6.07, 6.45) is 7.07. The van der Waals surface area contributed by atoms with E-state index in [-0.39, 0.29) is 6.04 Å². The zero-order valence-corrected chi connectivity index (χ0v) is 12.4. The lowest BCUT2D eigenvalue weighted by molar-refractivity contribution is -0.0611. The molecule has 0 unspecified atom stereocenters. The van der Waals surface area contributed by atoms with Crippen LogP contribution in [0, 0.1) is 0 Å². The van der Waals surface area contributed by atoms with Gasteiger partial charge in [0.2, 0.25) is 0 Å². The number of hydrogen-bond donors (Lipinski definition) is 2. The molecule has 0 radical (unpaired) electrons. The largest absolute Gasteiger partial charge is 0.388 e. The molecule has 2 N–H and O–H groups in total. The fourth-order valence-electron chi connectivity index (χ4n) is 3.71. The van der Waals surface area contributed by atoms with Crippen molar-refractivity contribution in [3.63, 3.8) is 0 Å². The van der Waals surface area contributed by atoms with Crippen LogP contribution in [-0.2, 0) is 0 Å². The Morgan fingerprint density at radius 3 is 2.71 bits per heavy atom. The first-order valence-corrected chi connectivity index (χ1v) is 7.75. The van der Waals surface area contributed by atoms with Crippen molar-refractivity contribution >= 4 is 0 Å². The van der Waals surface area contributed by atoms with Gasteiger partial charge in [-0.05, 0) is 26.2 Å². The zero-order valence-electron chi connectivity index (χ0n) is 12.4. The molecule has 1 aromatic heterocycles. The Balaban J connectivity index is 1.89. The van der Waals surface area contributed by atoms with E-state index >= 15 is 0 Å². The maximum absolute atomic E-state index is 12.0. The number of aliphatic hydroxyl groups is 1. The highest BCUT2D eigenvalue weighted by molar-refractivity contribution is 4.99. The SMILES string of the molecule is C[C@@]1(O)CCN(C2CCCC2)C[C@H]1n1ccc(=O)[nH]c1=O. The molecule has 1 aromatic rings. The summed E-state index contributed by atoms with van der Waals surface area (Å²) in [4.78, 5) is 27.9. The number of rotatable bonds is 2. The molecule has 2 fully saturated rings. The molecule has 1 saturated heterocycles. The first kappa shape index (κ1) is 14.5. The van der Waals surface area contributed by atoms with Gasteiger partial charge in [-0.3, -0.25) is 19.2 Å². The van der Waals surface area contributed by atoms with Gasteiger partial charge in [-0.2, -0.15) is 0 Å². The monoisotopic (exact) mass is 293 g/mol. The second-order valence-electron chi connectivity index (χ2n) is 6.57. The Kier molecular flexibility index (Phi) is 3.75. The highest BCUT2D eigenvalue weighted by Crippen LogP contribution is 2.34. The van der Waals surface area contributed by atoms with Gasteiger partial charge in [0, 0.05) is 31.4 Å². The van der Waals surface area contributed by atoms with Gasteiger partial charge in [0.25, 0.3) is 5.56 Å². The molecular weight excluding hydrogens is 270 g/mol. The number of likely N-dealkylation sites (tertiary alicyclic amines) is 1. The van der Waals surface area contributed by atoms with Crippen LogP contribution >= 0.6 is 0 Å². The summed E-state index contributed by atoms with van der Waals surface area (Å²) in [5.41, 5.74) is -1.78. The van der Waals surface area contributed by atoms with E-state index in [1.165, 1.54) is 42.5 Å². The Labute approximate surface area is 123 Å². The number of nitrogens with one attached hydrogen (secondary N) is 1. The number of aromatic nitrogens is 2. The van der Waals surface area contributed by atoms with E-state index in [2.05, 4.69) is 9.88 Å². The van der Waals surface area contributed by atoms with Gasteiger partial charge in [0.05, 0.1) is 11.6 Å². The van der Waals surface area contributed by atoms with Gasteiger partial charge < -0.3 is 5.11 Å². The number of H-pyrrole nitrogens is 1. The van der Waals surface area contributed by atoms with Crippen LogP contribution in [-0.4, -0.2) is 44.3 Å². The molecular formula is C15H23N3O3. The highest BCUT2D eigenvalue weighted by atomic mass is 16.3. The Bertz CT molecular complexity index is 613. The molecule has 2 atom stereocenters. The number of nitrogens with zero attached hydrogens (tertiary/aromatic N) is 2. The van der Waals surface area contributed by atoms with Crippen LogP contribution in [0.3, 0.4) is 0 Å². The topological polar surface area (TPSA) is 78.3 Å². The van der Waals surface area contributed by atoms with Crippen molar-refractivity contribution < 1.29 is 5.11 Å². The standard InChI is InChI=1S/C15H23N3O3/c1-15(21)7-9-17(11-4-2-3-5-11)10-12(15)18-8-6-13(19)16-14(18)20/h6,8,11-12,21H,2-5,7,9-10H2,1H3,(H,16,19,20)/t12-,15-/m1/s1. The predicted octanol–water partition coefficient (Wildman–Crippen LogP) is 0.477. The van der Waals surface area contributed by atoms with E-state index in [1.807, 2.05) is 0 Å². The van der Waals surface area contributed by atoms with E-state index in [0.29, 0.717) is 19.0 Å². The molecule has 0 amide bonds. The van der Waals surface area contributed by atoms with Crippen molar-refractivity contribution in [2.24, 2.45) is 0 Å². The highest BCUT2D eigenvalue weighted by Gasteiger charge is 2.41. The Morgan fingerprint density at radius 2 is 2.05 bits per heavy atom. The average molecular weight is 293 g/mol. The first-order chi connectivity index (χ1) is 9.97. The summed E-state index contributed by atoms with van der Waals surface area (Å²) in [7, 11) is 0. The molecule has 1 aliphatic carbocycles. The molecule has 0 spiro atoms. The molecule has 21 heavy (non-hydrogen) atoms. The second kappa shape index (κ2) is 5.42. The van der Waals surface area contributed by atoms with E-state index in [0.717, 1.165) is 6.54 Å². The van der Waals surface area contributed by atoms with Crippen LogP contribution in [0.1, 0.15) is 45.1 Å². The quantitative estimate of drug-likeness (QED) is 0.831. The minimum absolute atomic E-state index is 0.323. The molecule has 2 heterocycles. The van der Waals surface area contributed by atoms with Crippen LogP contribution in [0.2, 0.25) is 0 Å². The fourth-order valence-corrected chi connectivity index (χ4v) is 3.71. The van der Waals surface area contributed by atoms with Crippen molar-refractivity contribution in [3.05, 3.63) is 33.1 Å². The minimum atomic E-state index is -0.933. The van der Waals surface area contributed by atoms with Crippen LogP contribution in [0.4, 0.5) is 0 Å². The maximum atomic E-state index is 12.0. The summed E-state index contributed by atoms with van der Waals surface area (Å²) in [5, 5.41) is 10.7. The summed E-state index contributed by atoms with van der Waals surface area (Å²) in [5.74, 6) is 0. The predicted molar refractivity (Wildman–Crippen MR) is 79.4 cm³/mol. The third kappa shape index (κ3) is 2.82. The molecule has 0 aromatic carbocycles. The lowest BCUT2D eigenvalue weighted by Gasteiger charge is -2.45. The van der Waals surface area contributed by atoms with Crippen molar-refractivity contribution in [3.8, 4) is 0 Å². The third-order valence-corrected chi connectivity index (χ3v) is 5.06. The van der Waals surface area contributed by atoms with Crippen molar-refractivity contribution in [1.82, 2.24) is 14.5 Å². The fraction of sp³-hybridized carbons (Fsp3) is 0.733. The van der Waals surface area contributed by atoms with E-state index in [9.17, 15) is 14.7 Å². The van der Waals surface area contributed by atoms with Crippen LogP contribution in [0.5, 0.6) is 0 Å². The van der Waals surface area contributed by atoms with Gasteiger partial charge in [0.15, 0.2) is 0 Å². The maximum Gasteiger partial charge on any atom is 0.328 e. The summed E-state index contributed by atoms with van der Waals surface area (Å²) >= 11 is 0. The number of hydrogen-bond acceptors (Lipinski definition) is 4.